The van der Waals surface area contributed by atoms with Crippen LogP contribution < -0.4 is 9.47 Å². The van der Waals surface area contributed by atoms with E-state index in [-0.39, 0.29) is 0 Å². The summed E-state index contributed by atoms with van der Waals surface area (Å²) in [7, 11) is 0. The first-order chi connectivity index (χ1) is 7.66. The highest BCUT2D eigenvalue weighted by Gasteiger charge is 2.15. The molecule has 1 aliphatic heterocycles. The van der Waals surface area contributed by atoms with Crippen molar-refractivity contribution in [1.82, 2.24) is 0 Å². The Morgan fingerprint density at radius 2 is 2.12 bits per heavy atom. The summed E-state index contributed by atoms with van der Waals surface area (Å²) in [5.41, 5.74) is 0.688. The molecule has 5 nitrogen and oxygen atoms in total. The van der Waals surface area contributed by atoms with Crippen LogP contribution in [0.2, 0.25) is 0 Å². The van der Waals surface area contributed by atoms with Crippen LogP contribution in [0.25, 0.3) is 6.08 Å². The fraction of sp³-hybridized carbons (Fsp3) is 0.200. The lowest BCUT2D eigenvalue weighted by atomic mass is 10.2. The molecule has 0 fully saturated rings. The minimum atomic E-state index is -0.509. The quantitative estimate of drug-likeness (QED) is 0.619. The molecule has 1 aromatic carbocycles. The van der Waals surface area contributed by atoms with E-state index >= 15 is 0 Å². The van der Waals surface area contributed by atoms with Gasteiger partial charge in [-0.25, -0.2) is 0 Å². The van der Waals surface area contributed by atoms with Crippen molar-refractivity contribution in [1.29, 1.82) is 0 Å². The molecule has 0 unspecified atom stereocenters. The third-order valence-corrected chi connectivity index (χ3v) is 2.60. The van der Waals surface area contributed by atoms with Crippen LogP contribution in [0.15, 0.2) is 22.8 Å². The number of nitrogens with zero attached hydrogens (tertiary/aromatic N) is 1. The normalized spacial score (nSPS) is 14.1. The van der Waals surface area contributed by atoms with Crippen LogP contribution in [0.4, 0.5) is 0 Å². The Morgan fingerprint density at radius 3 is 2.88 bits per heavy atom. The van der Waals surface area contributed by atoms with Crippen LogP contribution in [0.1, 0.15) is 5.56 Å². The largest absolute Gasteiger partial charge is 0.486 e. The lowest BCUT2D eigenvalue weighted by Gasteiger charge is -2.19. The third-order valence-electron chi connectivity index (χ3n) is 2.01. The van der Waals surface area contributed by atoms with Crippen LogP contribution in [0.3, 0.4) is 0 Å². The van der Waals surface area contributed by atoms with E-state index in [0.29, 0.717) is 30.3 Å². The van der Waals surface area contributed by atoms with E-state index in [4.69, 9.17) is 9.47 Å². The van der Waals surface area contributed by atoms with Gasteiger partial charge in [-0.2, -0.15) is 0 Å². The highest BCUT2D eigenvalue weighted by atomic mass is 79.9. The molecule has 1 heterocycles. The summed E-state index contributed by atoms with van der Waals surface area (Å²) in [4.78, 5) is 9.69. The summed E-state index contributed by atoms with van der Waals surface area (Å²) in [6.45, 7) is 0.998. The number of benzene rings is 1. The lowest BCUT2D eigenvalue weighted by molar-refractivity contribution is -0.400. The third kappa shape index (κ3) is 2.33. The molecule has 16 heavy (non-hydrogen) atoms. The van der Waals surface area contributed by atoms with Crippen molar-refractivity contribution in [2.45, 2.75) is 0 Å². The van der Waals surface area contributed by atoms with Crippen molar-refractivity contribution in [3.8, 4) is 11.5 Å². The van der Waals surface area contributed by atoms with Crippen LogP contribution in [-0.2, 0) is 0 Å². The Hall–Kier alpha value is -1.56. The van der Waals surface area contributed by atoms with Crippen LogP contribution in [0, 0.1) is 10.1 Å². The molecule has 1 aliphatic rings. The Balaban J connectivity index is 2.35. The first-order valence-electron chi connectivity index (χ1n) is 4.57. The Morgan fingerprint density at radius 1 is 1.38 bits per heavy atom. The van der Waals surface area contributed by atoms with E-state index in [0.717, 1.165) is 10.7 Å². The molecule has 0 amide bonds. The van der Waals surface area contributed by atoms with E-state index < -0.39 is 4.92 Å². The second-order valence-electron chi connectivity index (χ2n) is 3.13. The van der Waals surface area contributed by atoms with Gasteiger partial charge < -0.3 is 9.47 Å². The van der Waals surface area contributed by atoms with E-state index in [1.54, 1.807) is 12.1 Å². The molecule has 0 bridgehead atoms. The summed E-state index contributed by atoms with van der Waals surface area (Å²) in [5, 5.41) is 10.2. The summed E-state index contributed by atoms with van der Waals surface area (Å²) in [6.07, 6.45) is 2.29. The van der Waals surface area contributed by atoms with Gasteiger partial charge in [-0.15, -0.1) is 0 Å². The maximum Gasteiger partial charge on any atom is 0.235 e. The van der Waals surface area contributed by atoms with Crippen LogP contribution in [0.5, 0.6) is 11.5 Å². The monoisotopic (exact) mass is 285 g/mol. The predicted octanol–water partition coefficient (Wildman–Crippen LogP) is 2.47. The summed E-state index contributed by atoms with van der Waals surface area (Å²) >= 11 is 3.33. The van der Waals surface area contributed by atoms with Gasteiger partial charge in [0.1, 0.15) is 13.2 Å². The van der Waals surface area contributed by atoms with E-state index in [1.807, 2.05) is 0 Å². The topological polar surface area (TPSA) is 61.6 Å². The van der Waals surface area contributed by atoms with Crippen molar-refractivity contribution in [2.75, 3.05) is 13.2 Å². The zero-order valence-corrected chi connectivity index (χ0v) is 9.77. The SMILES string of the molecule is O=[N+]([O-])C=Cc1cc(Br)c2c(c1)OCCO2. The summed E-state index contributed by atoms with van der Waals surface area (Å²) < 4.78 is 11.5. The molecule has 0 saturated heterocycles. The van der Waals surface area contributed by atoms with Gasteiger partial charge in [0.05, 0.1) is 9.40 Å². The van der Waals surface area contributed by atoms with Gasteiger partial charge in [0.25, 0.3) is 0 Å². The zero-order chi connectivity index (χ0) is 11.5. The Kier molecular flexibility index (Phi) is 3.09. The molecular weight excluding hydrogens is 278 g/mol. The molecule has 0 atom stereocenters. The second kappa shape index (κ2) is 4.52. The van der Waals surface area contributed by atoms with Gasteiger partial charge in [-0.1, -0.05) is 0 Å². The van der Waals surface area contributed by atoms with Gasteiger partial charge in [-0.3, -0.25) is 10.1 Å². The van der Waals surface area contributed by atoms with Crippen LogP contribution in [-0.4, -0.2) is 18.1 Å². The summed E-state index contributed by atoms with van der Waals surface area (Å²) in [6, 6.07) is 3.45. The molecule has 0 radical (unpaired) electrons. The van der Waals surface area contributed by atoms with Crippen molar-refractivity contribution in [3.63, 3.8) is 0 Å². The number of rotatable bonds is 2. The molecule has 0 spiro atoms. The molecular formula is C10H8BrNO4. The van der Waals surface area contributed by atoms with Crippen molar-refractivity contribution < 1.29 is 14.4 Å². The standard InChI is InChI=1S/C10H8BrNO4/c11-8-5-7(1-2-12(13)14)6-9-10(8)16-4-3-15-9/h1-2,5-6H,3-4H2. The fourth-order valence-electron chi connectivity index (χ4n) is 1.37. The van der Waals surface area contributed by atoms with Crippen molar-refractivity contribution in [3.05, 3.63) is 38.5 Å². The highest BCUT2D eigenvalue weighted by Crippen LogP contribution is 2.38. The van der Waals surface area contributed by atoms with E-state index in [2.05, 4.69) is 15.9 Å². The predicted molar refractivity (Wildman–Crippen MR) is 61.2 cm³/mol. The number of hydrogen-bond donors (Lipinski definition) is 0. The number of nitro groups is 1. The van der Waals surface area contributed by atoms with Crippen molar-refractivity contribution in [2.24, 2.45) is 0 Å². The average molecular weight is 286 g/mol. The number of ether oxygens (including phenoxy) is 2. The van der Waals surface area contributed by atoms with Gasteiger partial charge in [0, 0.05) is 6.08 Å². The average Bonchev–Trinajstić information content (AvgIpc) is 2.26. The molecule has 6 heteroatoms. The van der Waals surface area contributed by atoms with Crippen molar-refractivity contribution >= 4 is 22.0 Å². The minimum Gasteiger partial charge on any atom is -0.486 e. The zero-order valence-electron chi connectivity index (χ0n) is 8.18. The number of halogens is 1. The number of fused-ring (bicyclic) bond motifs is 1. The van der Waals surface area contributed by atoms with E-state index in [9.17, 15) is 10.1 Å². The molecule has 0 N–H and O–H groups in total. The van der Waals surface area contributed by atoms with Gasteiger partial charge in [-0.05, 0) is 33.6 Å². The molecule has 1 aromatic rings. The molecule has 84 valence electrons. The van der Waals surface area contributed by atoms with Gasteiger partial charge in [0.15, 0.2) is 11.5 Å². The van der Waals surface area contributed by atoms with Gasteiger partial charge >= 0.3 is 0 Å². The first kappa shape index (κ1) is 10.9. The maximum atomic E-state index is 10.2. The van der Waals surface area contributed by atoms with Gasteiger partial charge in [0.2, 0.25) is 6.20 Å². The molecule has 2 rings (SSSR count). The second-order valence-corrected chi connectivity index (χ2v) is 3.98. The molecule has 0 saturated carbocycles. The molecule has 0 aliphatic carbocycles. The first-order valence-corrected chi connectivity index (χ1v) is 5.37. The highest BCUT2D eigenvalue weighted by molar-refractivity contribution is 9.10. The summed E-state index contributed by atoms with van der Waals surface area (Å²) in [5.74, 6) is 1.24. The Bertz CT molecular complexity index is 458. The maximum absolute atomic E-state index is 10.2. The number of hydrogen-bond acceptors (Lipinski definition) is 4. The lowest BCUT2D eigenvalue weighted by Crippen LogP contribution is -2.15. The fourth-order valence-corrected chi connectivity index (χ4v) is 1.95. The van der Waals surface area contributed by atoms with E-state index in [1.165, 1.54) is 6.08 Å². The minimum absolute atomic E-state index is 0.488. The van der Waals surface area contributed by atoms with Crippen LogP contribution >= 0.6 is 15.9 Å². The molecule has 0 aromatic heterocycles. The smallest absolute Gasteiger partial charge is 0.235 e. The Labute approximate surface area is 99.9 Å².